The van der Waals surface area contributed by atoms with E-state index in [2.05, 4.69) is 10.3 Å². The second-order valence-corrected chi connectivity index (χ2v) is 6.69. The van der Waals surface area contributed by atoms with E-state index in [1.165, 1.54) is 27.4 Å². The minimum Gasteiger partial charge on any atom is -0.493 e. The van der Waals surface area contributed by atoms with Gasteiger partial charge in [0.1, 0.15) is 5.82 Å². The van der Waals surface area contributed by atoms with Crippen LogP contribution < -0.4 is 24.4 Å². The van der Waals surface area contributed by atoms with E-state index < -0.39 is 11.7 Å². The van der Waals surface area contributed by atoms with Gasteiger partial charge in [-0.15, -0.1) is 0 Å². The van der Waals surface area contributed by atoms with Crippen LogP contribution in [0.2, 0.25) is 0 Å². The molecule has 7 nitrogen and oxygen atoms in total. The molecule has 1 fully saturated rings. The fourth-order valence-corrected chi connectivity index (χ4v) is 3.37. The summed E-state index contributed by atoms with van der Waals surface area (Å²) in [5.74, 6) is 1.10. The number of hydrogen-bond acceptors (Lipinski definition) is 6. The molecule has 0 saturated carbocycles. The summed E-state index contributed by atoms with van der Waals surface area (Å²) >= 11 is 0. The number of amides is 1. The van der Waals surface area contributed by atoms with Crippen LogP contribution in [0, 0.1) is 0 Å². The summed E-state index contributed by atoms with van der Waals surface area (Å²) in [6, 6.07) is 5.34. The Balaban J connectivity index is 1.69. The van der Waals surface area contributed by atoms with E-state index in [0.29, 0.717) is 42.4 Å². The molecule has 10 heteroatoms. The number of nitrogens with one attached hydrogen (secondary N) is 1. The second-order valence-electron chi connectivity index (χ2n) is 6.69. The standard InChI is InChI=1S/C20H22F3N3O4/c1-28-15-6-5-14(17(29-2)18(15)30-3)19(27)25-13-8-9-26(11-13)16-7-4-12(10-24-16)20(21,22)23/h4-7,10,13H,8-9,11H2,1-3H3,(H,25,27). The Bertz CT molecular complexity index is 903. The number of methoxy groups -OCH3 is 3. The number of hydrogen-bond donors (Lipinski definition) is 1. The van der Waals surface area contributed by atoms with Gasteiger partial charge in [0.25, 0.3) is 5.91 Å². The third kappa shape index (κ3) is 4.37. The molecule has 30 heavy (non-hydrogen) atoms. The minimum absolute atomic E-state index is 0.195. The summed E-state index contributed by atoms with van der Waals surface area (Å²) in [5.41, 5.74) is -0.503. The van der Waals surface area contributed by atoms with Crippen molar-refractivity contribution in [2.75, 3.05) is 39.3 Å². The molecular weight excluding hydrogens is 403 g/mol. The molecule has 1 atom stereocenters. The number of nitrogens with zero attached hydrogens (tertiary/aromatic N) is 2. The van der Waals surface area contributed by atoms with Crippen molar-refractivity contribution < 1.29 is 32.2 Å². The third-order valence-electron chi connectivity index (χ3n) is 4.87. The molecule has 1 saturated heterocycles. The maximum atomic E-state index is 12.8. The summed E-state index contributed by atoms with van der Waals surface area (Å²) in [6.45, 7) is 0.992. The highest BCUT2D eigenvalue weighted by molar-refractivity contribution is 5.98. The van der Waals surface area contributed by atoms with Gasteiger partial charge in [-0.1, -0.05) is 0 Å². The first kappa shape index (κ1) is 21.5. The fourth-order valence-electron chi connectivity index (χ4n) is 3.37. The first-order chi connectivity index (χ1) is 14.3. The maximum absolute atomic E-state index is 12.8. The van der Waals surface area contributed by atoms with Gasteiger partial charge in [-0.3, -0.25) is 4.79 Å². The van der Waals surface area contributed by atoms with Crippen molar-refractivity contribution in [3.63, 3.8) is 0 Å². The number of carbonyl (C=O) groups is 1. The Morgan fingerprint density at radius 2 is 1.83 bits per heavy atom. The Labute approximate surface area is 171 Å². The van der Waals surface area contributed by atoms with Gasteiger partial charge < -0.3 is 24.4 Å². The van der Waals surface area contributed by atoms with Crippen LogP contribution in [0.15, 0.2) is 30.5 Å². The van der Waals surface area contributed by atoms with Crippen LogP contribution in [-0.4, -0.2) is 51.4 Å². The number of halogens is 3. The summed E-state index contributed by atoms with van der Waals surface area (Å²) in [6.07, 6.45) is -2.98. The zero-order valence-corrected chi connectivity index (χ0v) is 16.7. The number of pyridine rings is 1. The fraction of sp³-hybridized carbons (Fsp3) is 0.400. The molecule has 1 aliphatic rings. The van der Waals surface area contributed by atoms with Crippen molar-refractivity contribution in [2.24, 2.45) is 0 Å². The van der Waals surface area contributed by atoms with Gasteiger partial charge in [0, 0.05) is 25.3 Å². The van der Waals surface area contributed by atoms with Gasteiger partial charge >= 0.3 is 6.18 Å². The average molecular weight is 425 g/mol. The van der Waals surface area contributed by atoms with Crippen molar-refractivity contribution in [3.8, 4) is 17.2 Å². The van der Waals surface area contributed by atoms with Crippen molar-refractivity contribution in [2.45, 2.75) is 18.6 Å². The number of anilines is 1. The molecule has 2 heterocycles. The van der Waals surface area contributed by atoms with E-state index in [1.54, 1.807) is 12.1 Å². The lowest BCUT2D eigenvalue weighted by molar-refractivity contribution is -0.137. The Kier molecular flexibility index (Phi) is 6.23. The van der Waals surface area contributed by atoms with Crippen molar-refractivity contribution in [3.05, 3.63) is 41.6 Å². The molecule has 3 rings (SSSR count). The van der Waals surface area contributed by atoms with Crippen molar-refractivity contribution in [1.82, 2.24) is 10.3 Å². The highest BCUT2D eigenvalue weighted by atomic mass is 19.4. The van der Waals surface area contributed by atoms with E-state index in [9.17, 15) is 18.0 Å². The van der Waals surface area contributed by atoms with E-state index in [4.69, 9.17) is 14.2 Å². The summed E-state index contributed by atoms with van der Waals surface area (Å²) in [7, 11) is 4.37. The van der Waals surface area contributed by atoms with Crippen LogP contribution in [0.5, 0.6) is 17.2 Å². The Morgan fingerprint density at radius 3 is 2.40 bits per heavy atom. The van der Waals surface area contributed by atoms with Gasteiger partial charge in [-0.25, -0.2) is 4.98 Å². The molecule has 1 aromatic heterocycles. The van der Waals surface area contributed by atoms with Gasteiger partial charge in [0.2, 0.25) is 5.75 Å². The number of alkyl halides is 3. The van der Waals surface area contributed by atoms with E-state index in [1.807, 2.05) is 4.90 Å². The largest absolute Gasteiger partial charge is 0.493 e. The molecule has 0 spiro atoms. The normalized spacial score (nSPS) is 16.3. The summed E-state index contributed by atoms with van der Waals surface area (Å²) in [4.78, 5) is 18.5. The molecule has 2 aromatic rings. The Hall–Kier alpha value is -3.17. The van der Waals surface area contributed by atoms with Crippen LogP contribution in [0.1, 0.15) is 22.3 Å². The predicted molar refractivity (Wildman–Crippen MR) is 103 cm³/mol. The predicted octanol–water partition coefficient (Wildman–Crippen LogP) is 3.13. The number of benzene rings is 1. The molecule has 0 bridgehead atoms. The SMILES string of the molecule is COc1ccc(C(=O)NC2CCN(c3ccc(C(F)(F)F)cn3)C2)c(OC)c1OC. The molecule has 1 aromatic carbocycles. The van der Waals surface area contributed by atoms with E-state index >= 15 is 0 Å². The zero-order valence-electron chi connectivity index (χ0n) is 16.7. The van der Waals surface area contributed by atoms with Crippen LogP contribution in [0.4, 0.5) is 19.0 Å². The van der Waals surface area contributed by atoms with Crippen molar-refractivity contribution >= 4 is 11.7 Å². The molecule has 0 aliphatic carbocycles. The lowest BCUT2D eigenvalue weighted by Gasteiger charge is -2.19. The first-order valence-electron chi connectivity index (χ1n) is 9.16. The molecule has 162 valence electrons. The first-order valence-corrected chi connectivity index (χ1v) is 9.16. The van der Waals surface area contributed by atoms with Gasteiger partial charge in [0.05, 0.1) is 32.5 Å². The summed E-state index contributed by atoms with van der Waals surface area (Å²) in [5, 5.41) is 2.93. The monoisotopic (exact) mass is 425 g/mol. The van der Waals surface area contributed by atoms with Gasteiger partial charge in [-0.05, 0) is 30.7 Å². The summed E-state index contributed by atoms with van der Waals surface area (Å²) < 4.78 is 54.0. The maximum Gasteiger partial charge on any atom is 0.417 e. The minimum atomic E-state index is -4.43. The number of aromatic nitrogens is 1. The average Bonchev–Trinajstić information content (AvgIpc) is 3.20. The van der Waals surface area contributed by atoms with Crippen LogP contribution in [0.3, 0.4) is 0 Å². The molecule has 1 unspecified atom stereocenters. The number of carbonyl (C=O) groups excluding carboxylic acids is 1. The highest BCUT2D eigenvalue weighted by Gasteiger charge is 2.32. The quantitative estimate of drug-likeness (QED) is 0.767. The Morgan fingerprint density at radius 1 is 1.10 bits per heavy atom. The highest BCUT2D eigenvalue weighted by Crippen LogP contribution is 2.39. The van der Waals surface area contributed by atoms with Crippen LogP contribution >= 0.6 is 0 Å². The smallest absolute Gasteiger partial charge is 0.417 e. The van der Waals surface area contributed by atoms with E-state index in [0.717, 1.165) is 12.3 Å². The second kappa shape index (κ2) is 8.68. The number of ether oxygens (including phenoxy) is 3. The van der Waals surface area contributed by atoms with Gasteiger partial charge in [-0.2, -0.15) is 13.2 Å². The number of rotatable bonds is 6. The lowest BCUT2D eigenvalue weighted by Crippen LogP contribution is -2.37. The van der Waals surface area contributed by atoms with E-state index in [-0.39, 0.29) is 17.7 Å². The third-order valence-corrected chi connectivity index (χ3v) is 4.87. The molecule has 1 aliphatic heterocycles. The van der Waals surface area contributed by atoms with Crippen LogP contribution in [0.25, 0.3) is 0 Å². The molecule has 1 N–H and O–H groups in total. The lowest BCUT2D eigenvalue weighted by atomic mass is 10.1. The van der Waals surface area contributed by atoms with Gasteiger partial charge in [0.15, 0.2) is 11.5 Å². The van der Waals surface area contributed by atoms with Crippen LogP contribution in [-0.2, 0) is 6.18 Å². The topological polar surface area (TPSA) is 72.9 Å². The zero-order chi connectivity index (χ0) is 21.9. The molecule has 1 amide bonds. The van der Waals surface area contributed by atoms with Crippen molar-refractivity contribution in [1.29, 1.82) is 0 Å². The molecule has 0 radical (unpaired) electrons. The molecular formula is C20H22F3N3O4.